The van der Waals surface area contributed by atoms with Crippen molar-refractivity contribution in [3.63, 3.8) is 0 Å². The van der Waals surface area contributed by atoms with Gasteiger partial charge >= 0.3 is 0 Å². The second kappa shape index (κ2) is 34.3. The topological polar surface area (TPSA) is 255 Å². The Morgan fingerprint density at radius 3 is 1.15 bits per heavy atom. The lowest BCUT2D eigenvalue weighted by molar-refractivity contribution is -0.151. The Morgan fingerprint density at radius 2 is 0.821 bits per heavy atom. The number of halogens is 7. The number of carbonyl (C=O) groups excluding carboxylic acids is 3. The lowest BCUT2D eigenvalue weighted by atomic mass is 9.59. The molecule has 3 saturated heterocycles. The summed E-state index contributed by atoms with van der Waals surface area (Å²) in [6, 6.07) is 33.9. The molecule has 3 aromatic carbocycles. The zero-order valence-corrected chi connectivity index (χ0v) is 71.8. The third-order valence-corrected chi connectivity index (χ3v) is 26.5. The van der Waals surface area contributed by atoms with Crippen molar-refractivity contribution in [1.82, 2.24) is 83.7 Å². The van der Waals surface area contributed by atoms with Crippen LogP contribution in [0.2, 0.25) is 0 Å². The minimum atomic E-state index is -2.98. The molecule has 3 aliphatic heterocycles. The number of piperazine rings is 2. The molecule has 3 atom stereocenters. The smallest absolute Gasteiger partial charge is 0.274 e. The van der Waals surface area contributed by atoms with Crippen molar-refractivity contribution in [2.45, 2.75) is 220 Å². The van der Waals surface area contributed by atoms with Gasteiger partial charge in [-0.25, -0.2) is 45.7 Å². The molecule has 24 nitrogen and oxygen atoms in total. The Labute approximate surface area is 713 Å². The predicted molar refractivity (Wildman–Crippen MR) is 453 cm³/mol. The van der Waals surface area contributed by atoms with Gasteiger partial charge in [-0.05, 0) is 178 Å². The number of β-amino-alcohol motifs (C(OH)–C–C–N with tert-alkyl or cyclic N) is 1. The maximum Gasteiger partial charge on any atom is 0.274 e. The van der Waals surface area contributed by atoms with Crippen molar-refractivity contribution in [3.05, 3.63) is 213 Å². The SMILES string of the molecule is CC(C)[C@H]1CN(C)CCN1Cc1cc(C(=O)Nc2cccc(C3(Cc4nncn4C)CC(F)(F)C3)c2)nc(C2CC2)c1.CC(C)[C@H]1CN(C)CCN1Cc1cc(C(=O)Nc2cccc(C3([C@@H](F)c4nncn4C)CC(F)(F)C3)c2)nc(C2CC2)c1.Cn1cnnc1CC1(c2cccc(NC(=O)c3cc(CN4CC(C)(O)C4)cc(C4CC4)n3)c2)CC(F)(F)C1. The summed E-state index contributed by atoms with van der Waals surface area (Å²) >= 11 is 0. The van der Waals surface area contributed by atoms with Crippen LogP contribution >= 0.6 is 0 Å². The van der Waals surface area contributed by atoms with Crippen LogP contribution in [0, 0.1) is 11.8 Å². The van der Waals surface area contributed by atoms with Crippen molar-refractivity contribution in [1.29, 1.82) is 0 Å². The van der Waals surface area contributed by atoms with Gasteiger partial charge < -0.3 is 44.6 Å². The van der Waals surface area contributed by atoms with Crippen LogP contribution in [-0.4, -0.2) is 208 Å². The van der Waals surface area contributed by atoms with Crippen LogP contribution in [0.1, 0.15) is 235 Å². The highest BCUT2D eigenvalue weighted by Gasteiger charge is 2.63. The molecule has 654 valence electrons. The van der Waals surface area contributed by atoms with E-state index in [0.717, 1.165) is 136 Å². The van der Waals surface area contributed by atoms with Gasteiger partial charge in [0.05, 0.1) is 5.60 Å². The second-order valence-corrected chi connectivity index (χ2v) is 38.1. The lowest BCUT2D eigenvalue weighted by Crippen LogP contribution is -2.59. The molecule has 0 spiro atoms. The fraction of sp³-hybridized carbons (Fsp3) is 0.543. The summed E-state index contributed by atoms with van der Waals surface area (Å²) in [7, 11) is 9.55. The molecule has 6 saturated carbocycles. The first-order chi connectivity index (χ1) is 58.4. The number of hydrogen-bond acceptors (Lipinski definition) is 18. The number of rotatable bonds is 26. The van der Waals surface area contributed by atoms with Crippen LogP contribution in [0.4, 0.5) is 47.8 Å². The summed E-state index contributed by atoms with van der Waals surface area (Å²) in [4.78, 5) is 66.5. The molecule has 9 heterocycles. The van der Waals surface area contributed by atoms with E-state index in [9.17, 15) is 45.8 Å². The number of likely N-dealkylation sites (N-methyl/N-ethyl adjacent to an activating group) is 2. The van der Waals surface area contributed by atoms with Gasteiger partial charge in [-0.2, -0.15) is 0 Å². The van der Waals surface area contributed by atoms with Gasteiger partial charge in [-0.15, -0.1) is 30.6 Å². The van der Waals surface area contributed by atoms with Crippen molar-refractivity contribution >= 4 is 34.8 Å². The average Bonchev–Trinajstić information content (AvgIpc) is 1.67. The number of likely N-dealkylation sites (tertiary alicyclic amines) is 1. The highest BCUT2D eigenvalue weighted by atomic mass is 19.3. The van der Waals surface area contributed by atoms with Gasteiger partial charge in [0.1, 0.15) is 47.7 Å². The van der Waals surface area contributed by atoms with Crippen LogP contribution in [0.5, 0.6) is 0 Å². The number of nitrogens with one attached hydrogen (secondary N) is 3. The molecule has 0 radical (unpaired) electrons. The van der Waals surface area contributed by atoms with Crippen LogP contribution in [-0.2, 0) is 69.9 Å². The van der Waals surface area contributed by atoms with Crippen molar-refractivity contribution < 1.29 is 50.2 Å². The number of nitrogens with zero attached hydrogens (tertiary/aromatic N) is 17. The Hall–Kier alpha value is -9.79. The van der Waals surface area contributed by atoms with E-state index < -0.39 is 58.6 Å². The fourth-order valence-corrected chi connectivity index (χ4v) is 19.4. The second-order valence-electron chi connectivity index (χ2n) is 38.1. The highest BCUT2D eigenvalue weighted by molar-refractivity contribution is 6.04. The molecule has 123 heavy (non-hydrogen) atoms. The number of amides is 3. The highest BCUT2D eigenvalue weighted by Crippen LogP contribution is 2.61. The zero-order valence-electron chi connectivity index (χ0n) is 71.8. The molecule has 0 bridgehead atoms. The van der Waals surface area contributed by atoms with Gasteiger partial charge in [-0.1, -0.05) is 64.1 Å². The monoisotopic (exact) mass is 1690 g/mol. The molecule has 31 heteroatoms. The largest absolute Gasteiger partial charge is 0.388 e. The summed E-state index contributed by atoms with van der Waals surface area (Å²) < 4.78 is 106. The molecular formula is C92H113F7N20O4. The third kappa shape index (κ3) is 20.0. The van der Waals surface area contributed by atoms with E-state index in [4.69, 9.17) is 9.97 Å². The fourth-order valence-electron chi connectivity index (χ4n) is 19.4. The molecule has 0 unspecified atom stereocenters. The molecule has 9 aliphatic rings. The molecular weight excluding hydrogens is 1580 g/mol. The minimum Gasteiger partial charge on any atom is -0.388 e. The van der Waals surface area contributed by atoms with Crippen LogP contribution in [0.3, 0.4) is 0 Å². The number of anilines is 3. The maximum atomic E-state index is 15.9. The summed E-state index contributed by atoms with van der Waals surface area (Å²) in [5.41, 5.74) is 6.83. The maximum absolute atomic E-state index is 15.9. The number of aromatic nitrogens is 12. The van der Waals surface area contributed by atoms with Crippen LogP contribution in [0.25, 0.3) is 0 Å². The molecule has 9 fully saturated rings. The summed E-state index contributed by atoms with van der Waals surface area (Å²) in [6.07, 6.45) is 7.49. The van der Waals surface area contributed by atoms with E-state index in [1.165, 1.54) is 10.9 Å². The number of pyridine rings is 3. The Balaban J connectivity index is 0.000000137. The first-order valence-corrected chi connectivity index (χ1v) is 43.3. The summed E-state index contributed by atoms with van der Waals surface area (Å²) in [5, 5.41) is 42.6. The number of aliphatic hydroxyl groups is 1. The number of alkyl halides is 7. The van der Waals surface area contributed by atoms with Crippen molar-refractivity contribution in [2.24, 2.45) is 33.0 Å². The summed E-state index contributed by atoms with van der Waals surface area (Å²) in [5.74, 6) is -5.94. The lowest BCUT2D eigenvalue weighted by Gasteiger charge is -2.49. The van der Waals surface area contributed by atoms with Gasteiger partial charge in [-0.3, -0.25) is 29.1 Å². The van der Waals surface area contributed by atoms with Gasteiger partial charge in [0.15, 0.2) is 12.0 Å². The Kier molecular flexibility index (Phi) is 24.2. The number of hydrogen-bond donors (Lipinski definition) is 4. The van der Waals surface area contributed by atoms with E-state index in [-0.39, 0.29) is 49.2 Å². The number of benzene rings is 3. The molecule has 6 aromatic heterocycles. The Bertz CT molecular complexity index is 5320. The van der Waals surface area contributed by atoms with E-state index in [2.05, 4.69) is 136 Å². The number of aryl methyl sites for hydroxylation is 3. The van der Waals surface area contributed by atoms with Gasteiger partial charge in [0.2, 0.25) is 17.8 Å². The Morgan fingerprint density at radius 1 is 0.463 bits per heavy atom. The third-order valence-electron chi connectivity index (χ3n) is 26.5. The van der Waals surface area contributed by atoms with Crippen molar-refractivity contribution in [3.8, 4) is 0 Å². The summed E-state index contributed by atoms with van der Waals surface area (Å²) in [6.45, 7) is 20.2. The van der Waals surface area contributed by atoms with E-state index in [1.807, 2.05) is 50.4 Å². The molecule has 4 N–H and O–H groups in total. The molecule has 9 aromatic rings. The number of carbonyl (C=O) groups is 3. The van der Waals surface area contributed by atoms with E-state index in [1.54, 1.807) is 90.5 Å². The van der Waals surface area contributed by atoms with E-state index >= 15 is 4.39 Å². The zero-order chi connectivity index (χ0) is 86.9. The molecule has 18 rings (SSSR count). The normalized spacial score (nSPS) is 22.1. The predicted octanol–water partition coefficient (Wildman–Crippen LogP) is 14.3. The van der Waals surface area contributed by atoms with Crippen LogP contribution in [0.15, 0.2) is 128 Å². The first kappa shape index (κ1) is 86.7. The molecule has 3 amide bonds. The van der Waals surface area contributed by atoms with Gasteiger partial charge in [0.25, 0.3) is 17.7 Å². The van der Waals surface area contributed by atoms with Crippen molar-refractivity contribution in [2.75, 3.05) is 82.4 Å². The average molecular weight is 1700 g/mol. The van der Waals surface area contributed by atoms with Gasteiger partial charge in [0, 0.05) is 225 Å². The quantitative estimate of drug-likeness (QED) is 0.0368. The van der Waals surface area contributed by atoms with Crippen LogP contribution < -0.4 is 16.0 Å². The van der Waals surface area contributed by atoms with E-state index in [0.29, 0.717) is 126 Å². The first-order valence-electron chi connectivity index (χ1n) is 43.3. The minimum absolute atomic E-state index is 0.00128. The molecule has 6 aliphatic carbocycles. The standard InChI is InChI=1S/C32H40F3N7O.C32H41F2N7O.C28H32F2N6O2/c1-20(2)27-16-40(3)10-11-42(27)15-21-12-25(22-8-9-22)38-26(13-21)30(43)37-24-7-5-6-23(14-24)31(17-32(34,35)18-31)28(33)29-39-36-19-41(29)4;1-21(2)28-17-39(3)10-11-41(28)16-22-12-26(23-8-9-23)37-27(13-22)30(42)36-25-7-5-6-24(14-25)31(18-32(33,34)19-31)15-29-38-35-20-40(29)4;1-26(38)15-36(16-26)12-18-8-22(19-6-7-19)33-23(9-18)25(37)32-21-5-3-4-20(10-21)27(13-28(29,30)14-27)11-24-34-31-17-35(24)2/h5-7,12-14,19-20,22,27-28H,8-11,15-18H2,1-4H3,(H,37,43);5-7,12-14,20-21,23,28H,8-11,15-19H2,1-4H3,(H,36,42);3-5,8-10,17,19,38H,6-7,11-16H2,1-2H3,(H,32,37)/t27-,28+;28-;/m11./s1.